The van der Waals surface area contributed by atoms with Crippen molar-refractivity contribution in [3.63, 3.8) is 0 Å². The average Bonchev–Trinajstić information content (AvgIpc) is 3.35. The first-order valence-electron chi connectivity index (χ1n) is 10.2. The van der Waals surface area contributed by atoms with E-state index < -0.39 is 27.2 Å². The first-order valence-corrected chi connectivity index (χ1v) is 11.6. The van der Waals surface area contributed by atoms with Gasteiger partial charge in [0.2, 0.25) is 0 Å². The summed E-state index contributed by atoms with van der Waals surface area (Å²) in [5, 5.41) is 1.17. The molecule has 0 unspecified atom stereocenters. The van der Waals surface area contributed by atoms with Crippen molar-refractivity contribution in [2.24, 2.45) is 0 Å². The summed E-state index contributed by atoms with van der Waals surface area (Å²) in [6.45, 7) is 4.99. The van der Waals surface area contributed by atoms with Crippen molar-refractivity contribution in [1.82, 2.24) is 9.38 Å². The van der Waals surface area contributed by atoms with Gasteiger partial charge in [-0.3, -0.25) is 0 Å². The molecule has 3 aromatic heterocycles. The van der Waals surface area contributed by atoms with Crippen LogP contribution in [-0.2, 0) is 25.4 Å². The summed E-state index contributed by atoms with van der Waals surface area (Å²) < 4.78 is 78.6. The minimum Gasteiger partial charge on any atom is -0.376 e. The maximum atomic E-state index is 12.6. The van der Waals surface area contributed by atoms with Crippen LogP contribution in [0.25, 0.3) is 27.3 Å². The Morgan fingerprint density at radius 2 is 1.85 bits per heavy atom. The van der Waals surface area contributed by atoms with Crippen molar-refractivity contribution in [3.8, 4) is 5.75 Å². The van der Waals surface area contributed by atoms with E-state index in [1.54, 1.807) is 6.07 Å². The lowest BCUT2D eigenvalue weighted by molar-refractivity contribution is -0.167. The van der Waals surface area contributed by atoms with Gasteiger partial charge in [0.25, 0.3) is 0 Å². The fourth-order valence-corrected chi connectivity index (χ4v) is 4.69. The van der Waals surface area contributed by atoms with E-state index in [1.807, 2.05) is 36.7 Å². The number of halogens is 3. The number of pyridine rings is 2. The summed E-state index contributed by atoms with van der Waals surface area (Å²) in [6.07, 6.45) is 4.44. The molecule has 4 heterocycles. The summed E-state index contributed by atoms with van der Waals surface area (Å²) in [5.74, 6) is -1.25. The monoisotopic (exact) mass is 480 g/mol. The van der Waals surface area contributed by atoms with Gasteiger partial charge in [0.05, 0.1) is 29.8 Å². The molecule has 0 radical (unpaired) electrons. The van der Waals surface area contributed by atoms with Crippen LogP contribution in [0, 0.1) is 6.92 Å². The molecular weight excluding hydrogens is 461 g/mol. The smallest absolute Gasteiger partial charge is 0.376 e. The molecule has 11 heteroatoms. The van der Waals surface area contributed by atoms with Gasteiger partial charge in [0, 0.05) is 35.2 Å². The van der Waals surface area contributed by atoms with Crippen LogP contribution in [0.2, 0.25) is 0 Å². The third-order valence-electron chi connectivity index (χ3n) is 5.77. The molecule has 1 aromatic carbocycles. The van der Waals surface area contributed by atoms with Gasteiger partial charge in [-0.1, -0.05) is 6.92 Å². The molecule has 0 saturated carbocycles. The lowest BCUT2D eigenvalue weighted by Crippen LogP contribution is -2.28. The van der Waals surface area contributed by atoms with Gasteiger partial charge >= 0.3 is 15.6 Å². The van der Waals surface area contributed by atoms with E-state index >= 15 is 0 Å². The molecule has 174 valence electrons. The van der Waals surface area contributed by atoms with Crippen LogP contribution < -0.4 is 4.18 Å². The number of hydrogen-bond donors (Lipinski definition) is 0. The summed E-state index contributed by atoms with van der Waals surface area (Å²) in [7, 11) is -5.76. The van der Waals surface area contributed by atoms with Crippen molar-refractivity contribution in [1.29, 1.82) is 0 Å². The fourth-order valence-electron chi connectivity index (χ4n) is 4.24. The highest BCUT2D eigenvalue weighted by atomic mass is 32.2. The third-order valence-corrected chi connectivity index (χ3v) is 6.75. The van der Waals surface area contributed by atoms with Crippen molar-refractivity contribution in [3.05, 3.63) is 53.9 Å². The molecule has 1 aliphatic heterocycles. The number of aromatic nitrogens is 2. The molecule has 0 spiro atoms. The van der Waals surface area contributed by atoms with Gasteiger partial charge in [0.1, 0.15) is 5.75 Å². The number of fused-ring (bicyclic) bond motifs is 4. The van der Waals surface area contributed by atoms with Gasteiger partial charge in [-0.05, 0) is 42.8 Å². The number of nitrogens with zero attached hydrogens (tertiary/aromatic N) is 2. The Labute approximate surface area is 186 Å². The highest BCUT2D eigenvalue weighted by Crippen LogP contribution is 2.38. The summed E-state index contributed by atoms with van der Waals surface area (Å²) in [4.78, 5) is 4.67. The number of alkyl halides is 3. The van der Waals surface area contributed by atoms with Crippen LogP contribution in [0.15, 0.2) is 42.7 Å². The lowest BCUT2D eigenvalue weighted by Gasteiger charge is -2.28. The lowest BCUT2D eigenvalue weighted by atomic mass is 9.99. The van der Waals surface area contributed by atoms with Crippen LogP contribution >= 0.6 is 0 Å². The largest absolute Gasteiger partial charge is 0.534 e. The van der Waals surface area contributed by atoms with Crippen molar-refractivity contribution < 1.29 is 35.2 Å². The molecular formula is C22H19F3N2O5S. The fraction of sp³-hybridized carbons (Fsp3) is 0.318. The van der Waals surface area contributed by atoms with E-state index in [9.17, 15) is 21.6 Å². The van der Waals surface area contributed by atoms with Gasteiger partial charge in [-0.25, -0.2) is 4.98 Å². The zero-order valence-electron chi connectivity index (χ0n) is 17.6. The number of rotatable bonds is 4. The topological polar surface area (TPSA) is 79.1 Å². The molecule has 5 rings (SSSR count). The number of ether oxygens (including phenoxy) is 2. The van der Waals surface area contributed by atoms with E-state index in [1.165, 1.54) is 12.1 Å². The van der Waals surface area contributed by atoms with Gasteiger partial charge in [-0.2, -0.15) is 21.6 Å². The maximum Gasteiger partial charge on any atom is 0.534 e. The van der Waals surface area contributed by atoms with Crippen molar-refractivity contribution >= 4 is 37.4 Å². The number of hydrogen-bond acceptors (Lipinski definition) is 6. The van der Waals surface area contributed by atoms with Gasteiger partial charge < -0.3 is 18.1 Å². The normalized spacial score (nSPS) is 16.8. The van der Waals surface area contributed by atoms with Crippen LogP contribution in [0.5, 0.6) is 5.75 Å². The Hall–Kier alpha value is -2.89. The molecule has 7 nitrogen and oxygen atoms in total. The number of aryl methyl sites for hydroxylation is 1. The highest BCUT2D eigenvalue weighted by molar-refractivity contribution is 7.88. The summed E-state index contributed by atoms with van der Waals surface area (Å²) >= 11 is 0. The SMILES string of the molecule is CCC1(c2cc3c4nc5ccc(OS(=O)(=O)C(F)(F)F)cc5cc4cn3cc2C)OCCO1. The third kappa shape index (κ3) is 3.51. The van der Waals surface area contributed by atoms with Crippen molar-refractivity contribution in [2.45, 2.75) is 31.6 Å². The Bertz CT molecular complexity index is 1510. The minimum absolute atomic E-state index is 0.441. The van der Waals surface area contributed by atoms with E-state index in [0.29, 0.717) is 36.1 Å². The molecule has 1 aliphatic rings. The Morgan fingerprint density at radius 3 is 2.52 bits per heavy atom. The molecule has 0 atom stereocenters. The zero-order chi connectivity index (χ0) is 23.6. The molecule has 0 aliphatic carbocycles. The summed E-state index contributed by atoms with van der Waals surface area (Å²) in [6, 6.07) is 7.50. The highest BCUT2D eigenvalue weighted by Gasteiger charge is 2.48. The molecule has 0 amide bonds. The Morgan fingerprint density at radius 1 is 1.12 bits per heavy atom. The second-order valence-corrected chi connectivity index (χ2v) is 9.40. The Kier molecular flexibility index (Phi) is 4.86. The molecule has 0 bridgehead atoms. The second-order valence-electron chi connectivity index (χ2n) is 7.86. The van der Waals surface area contributed by atoms with E-state index in [-0.39, 0.29) is 0 Å². The van der Waals surface area contributed by atoms with Gasteiger partial charge in [0.15, 0.2) is 5.79 Å². The maximum absolute atomic E-state index is 12.6. The predicted molar refractivity (Wildman–Crippen MR) is 114 cm³/mol. The summed E-state index contributed by atoms with van der Waals surface area (Å²) in [5.41, 5.74) is -1.64. The predicted octanol–water partition coefficient (Wildman–Crippen LogP) is 4.79. The number of benzene rings is 1. The van der Waals surface area contributed by atoms with Crippen LogP contribution in [0.1, 0.15) is 24.5 Å². The quantitative estimate of drug-likeness (QED) is 0.309. The zero-order valence-corrected chi connectivity index (χ0v) is 18.5. The van der Waals surface area contributed by atoms with Crippen LogP contribution in [0.4, 0.5) is 13.2 Å². The minimum atomic E-state index is -5.76. The van der Waals surface area contributed by atoms with E-state index in [4.69, 9.17) is 9.47 Å². The second kappa shape index (κ2) is 7.31. The Balaban J connectivity index is 1.64. The average molecular weight is 480 g/mol. The van der Waals surface area contributed by atoms with E-state index in [0.717, 1.165) is 28.1 Å². The van der Waals surface area contributed by atoms with Crippen molar-refractivity contribution in [2.75, 3.05) is 13.2 Å². The standard InChI is InChI=1S/C22H19F3N2O5S/c1-3-21(30-6-7-31-21)17-10-19-20-15(12-27(19)11-13(17)2)8-14-9-16(4-5-18(14)26-20)32-33(28,29)22(23,24)25/h4-5,8-12H,3,6-7H2,1-2H3. The molecule has 4 aromatic rings. The van der Waals surface area contributed by atoms with Crippen LogP contribution in [0.3, 0.4) is 0 Å². The molecule has 1 fully saturated rings. The first kappa shape index (κ1) is 21.9. The van der Waals surface area contributed by atoms with Gasteiger partial charge in [-0.15, -0.1) is 0 Å². The molecule has 0 N–H and O–H groups in total. The van der Waals surface area contributed by atoms with E-state index in [2.05, 4.69) is 9.17 Å². The first-order chi connectivity index (χ1) is 15.5. The van der Waals surface area contributed by atoms with Crippen LogP contribution in [-0.4, -0.2) is 36.5 Å². The molecule has 1 saturated heterocycles. The molecule has 33 heavy (non-hydrogen) atoms.